The Kier molecular flexibility index (Phi) is 6.18. The summed E-state index contributed by atoms with van der Waals surface area (Å²) in [6.45, 7) is 0.758. The summed E-state index contributed by atoms with van der Waals surface area (Å²) in [6.07, 6.45) is 2.12. The SMILES string of the molecule is COC(=O)[C@]1(CCSC)N[C@H](c2ccccc2F)[C@H]2C(=O)N(c3ccc4c(c3)OCCO4)C(=O)[C@@H]21. The van der Waals surface area contributed by atoms with Gasteiger partial charge < -0.3 is 14.2 Å². The van der Waals surface area contributed by atoms with Gasteiger partial charge in [0.1, 0.15) is 24.6 Å². The van der Waals surface area contributed by atoms with E-state index in [1.165, 1.54) is 24.9 Å². The van der Waals surface area contributed by atoms with Crippen molar-refractivity contribution in [3.63, 3.8) is 0 Å². The second-order valence-electron chi connectivity index (χ2n) is 8.69. The average molecular weight is 501 g/mol. The van der Waals surface area contributed by atoms with Crippen LogP contribution in [0.3, 0.4) is 0 Å². The number of rotatable bonds is 6. The Morgan fingerprint density at radius 1 is 1.17 bits per heavy atom. The molecule has 35 heavy (non-hydrogen) atoms. The Morgan fingerprint density at radius 2 is 1.91 bits per heavy atom. The second kappa shape index (κ2) is 9.16. The molecule has 0 spiro atoms. The van der Waals surface area contributed by atoms with E-state index in [-0.39, 0.29) is 12.0 Å². The zero-order valence-corrected chi connectivity index (χ0v) is 20.1. The number of nitrogens with one attached hydrogen (secondary N) is 1. The first-order chi connectivity index (χ1) is 16.9. The van der Waals surface area contributed by atoms with E-state index in [2.05, 4.69) is 5.32 Å². The summed E-state index contributed by atoms with van der Waals surface area (Å²) >= 11 is 1.50. The van der Waals surface area contributed by atoms with Crippen molar-refractivity contribution >= 4 is 35.2 Å². The standard InChI is InChI=1S/C25H25FN2O6S/c1-32-24(31)25(9-12-35-2)20-19(21(27-25)15-5-3-4-6-16(15)26)22(29)28(23(20)30)14-7-8-17-18(13-14)34-11-10-33-17/h3-8,13,19-21,27H,9-12H2,1-2H3/t19-,20+,21+,25+/m0/s1. The summed E-state index contributed by atoms with van der Waals surface area (Å²) in [5.74, 6) is -2.78. The minimum Gasteiger partial charge on any atom is -0.486 e. The van der Waals surface area contributed by atoms with Crippen molar-refractivity contribution in [2.45, 2.75) is 18.0 Å². The van der Waals surface area contributed by atoms with Gasteiger partial charge in [0.2, 0.25) is 11.8 Å². The first kappa shape index (κ1) is 23.6. The van der Waals surface area contributed by atoms with Gasteiger partial charge in [-0.25, -0.2) is 9.29 Å². The highest BCUT2D eigenvalue weighted by Crippen LogP contribution is 2.52. The summed E-state index contributed by atoms with van der Waals surface area (Å²) in [5, 5.41) is 3.19. The second-order valence-corrected chi connectivity index (χ2v) is 9.68. The Bertz CT molecular complexity index is 1190. The number of benzene rings is 2. The van der Waals surface area contributed by atoms with Crippen LogP contribution in [0, 0.1) is 17.7 Å². The molecule has 0 bridgehead atoms. The Morgan fingerprint density at radius 3 is 2.63 bits per heavy atom. The minimum atomic E-state index is -1.48. The number of fused-ring (bicyclic) bond motifs is 2. The number of ether oxygens (including phenoxy) is 3. The fraction of sp³-hybridized carbons (Fsp3) is 0.400. The Labute approximate surface area is 206 Å². The molecular weight excluding hydrogens is 475 g/mol. The van der Waals surface area contributed by atoms with Crippen LogP contribution in [0.2, 0.25) is 0 Å². The Hall–Kier alpha value is -3.11. The van der Waals surface area contributed by atoms with Gasteiger partial charge in [-0.1, -0.05) is 18.2 Å². The van der Waals surface area contributed by atoms with E-state index in [0.717, 1.165) is 4.90 Å². The molecule has 2 aromatic carbocycles. The number of methoxy groups -OCH3 is 1. The van der Waals surface area contributed by atoms with Crippen molar-refractivity contribution in [1.82, 2.24) is 5.32 Å². The molecule has 3 aliphatic heterocycles. The first-order valence-corrected chi connectivity index (χ1v) is 12.7. The van der Waals surface area contributed by atoms with Gasteiger partial charge in [0, 0.05) is 17.7 Å². The molecule has 8 nitrogen and oxygen atoms in total. The summed E-state index contributed by atoms with van der Waals surface area (Å²) < 4.78 is 31.2. The molecule has 2 saturated heterocycles. The topological polar surface area (TPSA) is 94.2 Å². The van der Waals surface area contributed by atoms with Gasteiger partial charge in [-0.2, -0.15) is 11.8 Å². The third-order valence-electron chi connectivity index (χ3n) is 6.93. The number of anilines is 1. The summed E-state index contributed by atoms with van der Waals surface area (Å²) in [7, 11) is 1.25. The van der Waals surface area contributed by atoms with Crippen molar-refractivity contribution in [2.24, 2.45) is 11.8 Å². The van der Waals surface area contributed by atoms with Gasteiger partial charge in [0.05, 0.1) is 24.6 Å². The van der Waals surface area contributed by atoms with Crippen molar-refractivity contribution < 1.29 is 33.0 Å². The summed E-state index contributed by atoms with van der Waals surface area (Å²) in [5.41, 5.74) is -0.942. The van der Waals surface area contributed by atoms with Gasteiger partial charge >= 0.3 is 5.97 Å². The van der Waals surface area contributed by atoms with Gasteiger partial charge in [0.15, 0.2) is 11.5 Å². The number of carbonyl (C=O) groups is 3. The number of carbonyl (C=O) groups excluding carboxylic acids is 3. The fourth-order valence-corrected chi connectivity index (χ4v) is 5.91. The minimum absolute atomic E-state index is 0.225. The van der Waals surface area contributed by atoms with E-state index >= 15 is 0 Å². The van der Waals surface area contributed by atoms with Gasteiger partial charge in [-0.3, -0.25) is 19.7 Å². The maximum absolute atomic E-state index is 14.9. The molecule has 0 radical (unpaired) electrons. The number of amides is 2. The smallest absolute Gasteiger partial charge is 0.326 e. The molecule has 1 N–H and O–H groups in total. The van der Waals surface area contributed by atoms with Crippen LogP contribution < -0.4 is 19.7 Å². The molecule has 3 aliphatic rings. The number of hydrogen-bond donors (Lipinski definition) is 1. The number of thioether (sulfide) groups is 1. The van der Waals surface area contributed by atoms with Crippen molar-refractivity contribution in [2.75, 3.05) is 37.2 Å². The number of nitrogens with zero attached hydrogens (tertiary/aromatic N) is 1. The van der Waals surface area contributed by atoms with Crippen LogP contribution in [0.15, 0.2) is 42.5 Å². The molecule has 2 aromatic rings. The normalized spacial score (nSPS) is 27.2. The van der Waals surface area contributed by atoms with E-state index in [9.17, 15) is 18.8 Å². The zero-order valence-electron chi connectivity index (χ0n) is 19.3. The molecule has 184 valence electrons. The van der Waals surface area contributed by atoms with Crippen LogP contribution in [-0.4, -0.2) is 55.7 Å². The van der Waals surface area contributed by atoms with E-state index in [1.54, 1.807) is 36.4 Å². The first-order valence-electron chi connectivity index (χ1n) is 11.3. The average Bonchev–Trinajstić information content (AvgIpc) is 3.36. The van der Waals surface area contributed by atoms with Crippen molar-refractivity contribution in [3.05, 3.63) is 53.8 Å². The molecule has 2 amide bonds. The van der Waals surface area contributed by atoms with Crippen LogP contribution in [-0.2, 0) is 19.1 Å². The lowest BCUT2D eigenvalue weighted by atomic mass is 9.78. The van der Waals surface area contributed by atoms with E-state index in [0.29, 0.717) is 36.2 Å². The zero-order chi connectivity index (χ0) is 24.7. The third-order valence-corrected chi connectivity index (χ3v) is 7.54. The molecule has 10 heteroatoms. The largest absolute Gasteiger partial charge is 0.486 e. The van der Waals surface area contributed by atoms with Gasteiger partial charge in [-0.05, 0) is 36.6 Å². The highest BCUT2D eigenvalue weighted by Gasteiger charge is 2.69. The maximum Gasteiger partial charge on any atom is 0.326 e. The summed E-state index contributed by atoms with van der Waals surface area (Å²) in [6, 6.07) is 10.0. The van der Waals surface area contributed by atoms with Crippen LogP contribution in [0.25, 0.3) is 0 Å². The number of imide groups is 1. The molecule has 5 rings (SSSR count). The third kappa shape index (κ3) is 3.66. The molecule has 4 atom stereocenters. The Balaban J connectivity index is 1.63. The lowest BCUT2D eigenvalue weighted by Crippen LogP contribution is -2.56. The highest BCUT2D eigenvalue weighted by molar-refractivity contribution is 7.98. The lowest BCUT2D eigenvalue weighted by Gasteiger charge is -2.32. The van der Waals surface area contributed by atoms with E-state index in [1.807, 2.05) is 6.26 Å². The molecular formula is C25H25FN2O6S. The number of hydrogen-bond acceptors (Lipinski definition) is 8. The van der Waals surface area contributed by atoms with Crippen LogP contribution in [0.1, 0.15) is 18.0 Å². The maximum atomic E-state index is 14.9. The molecule has 2 fully saturated rings. The lowest BCUT2D eigenvalue weighted by molar-refractivity contribution is -0.152. The fourth-order valence-electron chi connectivity index (χ4n) is 5.39. The predicted octanol–water partition coefficient (Wildman–Crippen LogP) is 2.71. The molecule has 0 unspecified atom stereocenters. The predicted molar refractivity (Wildman–Crippen MR) is 127 cm³/mol. The molecule has 0 aromatic heterocycles. The summed E-state index contributed by atoms with van der Waals surface area (Å²) in [4.78, 5) is 42.1. The number of esters is 1. The van der Waals surface area contributed by atoms with Crippen molar-refractivity contribution in [1.29, 1.82) is 0 Å². The molecule has 0 saturated carbocycles. The van der Waals surface area contributed by atoms with Crippen LogP contribution >= 0.6 is 11.8 Å². The number of halogens is 1. The van der Waals surface area contributed by atoms with Crippen LogP contribution in [0.4, 0.5) is 10.1 Å². The van der Waals surface area contributed by atoms with E-state index < -0.39 is 47.0 Å². The van der Waals surface area contributed by atoms with Gasteiger partial charge in [0.25, 0.3) is 0 Å². The van der Waals surface area contributed by atoms with Gasteiger partial charge in [-0.15, -0.1) is 0 Å². The van der Waals surface area contributed by atoms with Crippen LogP contribution in [0.5, 0.6) is 11.5 Å². The van der Waals surface area contributed by atoms with E-state index in [4.69, 9.17) is 14.2 Å². The molecule has 3 heterocycles. The molecule has 0 aliphatic carbocycles. The quantitative estimate of drug-likeness (QED) is 0.478. The monoisotopic (exact) mass is 500 g/mol. The highest BCUT2D eigenvalue weighted by atomic mass is 32.2. The van der Waals surface area contributed by atoms with Crippen molar-refractivity contribution in [3.8, 4) is 11.5 Å².